The first-order valence-corrected chi connectivity index (χ1v) is 5.71. The van der Waals surface area contributed by atoms with Gasteiger partial charge in [-0.3, -0.25) is 4.79 Å². The number of amides is 1. The average molecular weight is 221 g/mol. The zero-order chi connectivity index (χ0) is 11.8. The zero-order valence-corrected chi connectivity index (χ0v) is 9.65. The normalized spacial score (nSPS) is 12.1. The van der Waals surface area contributed by atoms with E-state index in [-0.39, 0.29) is 18.6 Å². The lowest BCUT2D eigenvalue weighted by atomic mass is 10.1. The SMILES string of the molecule is C[C@H](CCCCO)NC(=O)c1ccccc1. The van der Waals surface area contributed by atoms with Gasteiger partial charge >= 0.3 is 0 Å². The number of hydrogen-bond donors (Lipinski definition) is 2. The molecule has 0 aliphatic rings. The number of carbonyl (C=O) groups is 1. The maximum absolute atomic E-state index is 11.7. The summed E-state index contributed by atoms with van der Waals surface area (Å²) in [6, 6.07) is 9.35. The lowest BCUT2D eigenvalue weighted by Crippen LogP contribution is -2.32. The van der Waals surface area contributed by atoms with Gasteiger partial charge in [0.05, 0.1) is 0 Å². The minimum absolute atomic E-state index is 0.0305. The van der Waals surface area contributed by atoms with Crippen molar-refractivity contribution in [3.63, 3.8) is 0 Å². The molecule has 88 valence electrons. The monoisotopic (exact) mass is 221 g/mol. The summed E-state index contributed by atoms with van der Waals surface area (Å²) in [5, 5.41) is 11.6. The Morgan fingerprint density at radius 1 is 1.31 bits per heavy atom. The van der Waals surface area contributed by atoms with Gasteiger partial charge in [-0.15, -0.1) is 0 Å². The molecule has 1 atom stereocenters. The van der Waals surface area contributed by atoms with Crippen LogP contribution in [0, 0.1) is 0 Å². The molecule has 0 bridgehead atoms. The zero-order valence-electron chi connectivity index (χ0n) is 9.65. The summed E-state index contributed by atoms with van der Waals surface area (Å²) in [4.78, 5) is 11.7. The van der Waals surface area contributed by atoms with Crippen LogP contribution < -0.4 is 5.32 Å². The van der Waals surface area contributed by atoms with E-state index in [0.717, 1.165) is 19.3 Å². The Bertz CT molecular complexity index is 311. The quantitative estimate of drug-likeness (QED) is 0.721. The van der Waals surface area contributed by atoms with Crippen LogP contribution in [0.3, 0.4) is 0 Å². The van der Waals surface area contributed by atoms with E-state index in [1.54, 1.807) is 12.1 Å². The number of nitrogens with one attached hydrogen (secondary N) is 1. The largest absolute Gasteiger partial charge is 0.396 e. The fourth-order valence-electron chi connectivity index (χ4n) is 1.53. The van der Waals surface area contributed by atoms with E-state index in [4.69, 9.17) is 5.11 Å². The van der Waals surface area contributed by atoms with Crippen LogP contribution in [0.5, 0.6) is 0 Å². The molecule has 0 aliphatic heterocycles. The Morgan fingerprint density at radius 3 is 2.62 bits per heavy atom. The van der Waals surface area contributed by atoms with Gasteiger partial charge in [0.25, 0.3) is 5.91 Å². The summed E-state index contributed by atoms with van der Waals surface area (Å²) < 4.78 is 0. The van der Waals surface area contributed by atoms with E-state index in [9.17, 15) is 4.79 Å². The minimum atomic E-state index is -0.0305. The van der Waals surface area contributed by atoms with Crippen molar-refractivity contribution in [3.05, 3.63) is 35.9 Å². The molecule has 1 aromatic carbocycles. The molecule has 3 nitrogen and oxygen atoms in total. The predicted molar refractivity (Wildman–Crippen MR) is 64.3 cm³/mol. The van der Waals surface area contributed by atoms with Gasteiger partial charge in [0.15, 0.2) is 0 Å². The van der Waals surface area contributed by atoms with Crippen molar-refractivity contribution in [2.45, 2.75) is 32.2 Å². The topological polar surface area (TPSA) is 49.3 Å². The third-order valence-corrected chi connectivity index (χ3v) is 2.46. The third-order valence-electron chi connectivity index (χ3n) is 2.46. The minimum Gasteiger partial charge on any atom is -0.396 e. The molecule has 0 aromatic heterocycles. The van der Waals surface area contributed by atoms with Crippen molar-refractivity contribution < 1.29 is 9.90 Å². The van der Waals surface area contributed by atoms with E-state index in [2.05, 4.69) is 5.32 Å². The van der Waals surface area contributed by atoms with Crippen molar-refractivity contribution >= 4 is 5.91 Å². The van der Waals surface area contributed by atoms with Crippen LogP contribution in [0.2, 0.25) is 0 Å². The molecular formula is C13H19NO2. The number of aliphatic hydroxyl groups excluding tert-OH is 1. The van der Waals surface area contributed by atoms with Gasteiger partial charge in [0, 0.05) is 18.2 Å². The fourth-order valence-corrected chi connectivity index (χ4v) is 1.53. The van der Waals surface area contributed by atoms with Crippen LogP contribution in [0.1, 0.15) is 36.5 Å². The molecule has 1 rings (SSSR count). The molecular weight excluding hydrogens is 202 g/mol. The van der Waals surface area contributed by atoms with Crippen molar-refractivity contribution in [1.29, 1.82) is 0 Å². The van der Waals surface area contributed by atoms with Crippen molar-refractivity contribution in [3.8, 4) is 0 Å². The number of aliphatic hydroxyl groups is 1. The number of benzene rings is 1. The van der Waals surface area contributed by atoms with Crippen LogP contribution in [-0.4, -0.2) is 23.7 Å². The molecule has 0 aliphatic carbocycles. The summed E-state index contributed by atoms with van der Waals surface area (Å²) in [5.74, 6) is -0.0305. The Labute approximate surface area is 96.5 Å². The predicted octanol–water partition coefficient (Wildman–Crippen LogP) is 1.97. The summed E-state index contributed by atoms with van der Waals surface area (Å²) in [6.07, 6.45) is 2.64. The summed E-state index contributed by atoms with van der Waals surface area (Å²) in [6.45, 7) is 2.21. The maximum atomic E-state index is 11.7. The standard InChI is InChI=1S/C13H19NO2/c1-11(7-5-6-10-15)14-13(16)12-8-3-2-4-9-12/h2-4,8-9,11,15H,5-7,10H2,1H3,(H,14,16)/t11-/m1/s1. The Hall–Kier alpha value is -1.35. The molecule has 0 spiro atoms. The molecule has 0 radical (unpaired) electrons. The van der Waals surface area contributed by atoms with Gasteiger partial charge in [-0.2, -0.15) is 0 Å². The van der Waals surface area contributed by atoms with Gasteiger partial charge in [0.1, 0.15) is 0 Å². The lowest BCUT2D eigenvalue weighted by Gasteiger charge is -2.13. The Morgan fingerprint density at radius 2 is 2.00 bits per heavy atom. The first-order valence-electron chi connectivity index (χ1n) is 5.71. The smallest absolute Gasteiger partial charge is 0.251 e. The van der Waals surface area contributed by atoms with Crippen LogP contribution in [0.15, 0.2) is 30.3 Å². The van der Waals surface area contributed by atoms with Gasteiger partial charge in [-0.1, -0.05) is 18.2 Å². The molecule has 0 saturated carbocycles. The molecule has 2 N–H and O–H groups in total. The molecule has 0 heterocycles. The molecule has 1 amide bonds. The highest BCUT2D eigenvalue weighted by molar-refractivity contribution is 5.94. The summed E-state index contributed by atoms with van der Waals surface area (Å²) in [7, 11) is 0. The van der Waals surface area contributed by atoms with Gasteiger partial charge < -0.3 is 10.4 Å². The Kier molecular flexibility index (Phi) is 5.57. The molecule has 0 saturated heterocycles. The highest BCUT2D eigenvalue weighted by atomic mass is 16.2. The van der Waals surface area contributed by atoms with Crippen LogP contribution in [-0.2, 0) is 0 Å². The Balaban J connectivity index is 2.34. The first-order chi connectivity index (χ1) is 7.74. The second kappa shape index (κ2) is 7.01. The van der Waals surface area contributed by atoms with Crippen molar-refractivity contribution in [2.24, 2.45) is 0 Å². The first kappa shape index (κ1) is 12.7. The van der Waals surface area contributed by atoms with E-state index in [1.807, 2.05) is 25.1 Å². The van der Waals surface area contributed by atoms with Gasteiger partial charge in [-0.25, -0.2) is 0 Å². The fraction of sp³-hybridized carbons (Fsp3) is 0.462. The van der Waals surface area contributed by atoms with E-state index < -0.39 is 0 Å². The van der Waals surface area contributed by atoms with Gasteiger partial charge in [-0.05, 0) is 38.3 Å². The lowest BCUT2D eigenvalue weighted by molar-refractivity contribution is 0.0937. The molecule has 3 heteroatoms. The number of rotatable bonds is 6. The highest BCUT2D eigenvalue weighted by Crippen LogP contribution is 2.03. The van der Waals surface area contributed by atoms with E-state index in [1.165, 1.54) is 0 Å². The van der Waals surface area contributed by atoms with E-state index >= 15 is 0 Å². The highest BCUT2D eigenvalue weighted by Gasteiger charge is 2.08. The number of hydrogen-bond acceptors (Lipinski definition) is 2. The van der Waals surface area contributed by atoms with Crippen LogP contribution in [0.4, 0.5) is 0 Å². The molecule has 1 aromatic rings. The summed E-state index contributed by atoms with van der Waals surface area (Å²) in [5.41, 5.74) is 0.691. The second-order valence-electron chi connectivity index (χ2n) is 3.96. The molecule has 16 heavy (non-hydrogen) atoms. The van der Waals surface area contributed by atoms with Gasteiger partial charge in [0.2, 0.25) is 0 Å². The average Bonchev–Trinajstić information content (AvgIpc) is 2.30. The number of unbranched alkanes of at least 4 members (excludes halogenated alkanes) is 1. The summed E-state index contributed by atoms with van der Waals surface area (Å²) >= 11 is 0. The maximum Gasteiger partial charge on any atom is 0.251 e. The number of carbonyl (C=O) groups excluding carboxylic acids is 1. The third kappa shape index (κ3) is 4.45. The van der Waals surface area contributed by atoms with Crippen LogP contribution in [0.25, 0.3) is 0 Å². The molecule has 0 fully saturated rings. The van der Waals surface area contributed by atoms with Crippen molar-refractivity contribution in [1.82, 2.24) is 5.32 Å². The van der Waals surface area contributed by atoms with E-state index in [0.29, 0.717) is 5.56 Å². The van der Waals surface area contributed by atoms with Crippen LogP contribution >= 0.6 is 0 Å². The second-order valence-corrected chi connectivity index (χ2v) is 3.96. The molecule has 0 unspecified atom stereocenters. The van der Waals surface area contributed by atoms with Crippen molar-refractivity contribution in [2.75, 3.05) is 6.61 Å².